The lowest BCUT2D eigenvalue weighted by atomic mass is 10.1. The second-order valence-electron chi connectivity index (χ2n) is 5.95. The van der Waals surface area contributed by atoms with Crippen molar-refractivity contribution >= 4 is 38.7 Å². The number of methoxy groups -OCH3 is 1. The van der Waals surface area contributed by atoms with Gasteiger partial charge in [0.2, 0.25) is 10.0 Å². The predicted molar refractivity (Wildman–Crippen MR) is 103 cm³/mol. The van der Waals surface area contributed by atoms with Gasteiger partial charge in [-0.1, -0.05) is 11.8 Å². The zero-order chi connectivity index (χ0) is 20.5. The van der Waals surface area contributed by atoms with E-state index in [-0.39, 0.29) is 33.0 Å². The van der Waals surface area contributed by atoms with Crippen molar-refractivity contribution < 1.29 is 26.8 Å². The number of nitrogens with zero attached hydrogens (tertiary/aromatic N) is 2. The molecule has 3 rings (SSSR count). The van der Waals surface area contributed by atoms with E-state index in [1.54, 1.807) is 0 Å². The number of halogens is 1. The summed E-state index contributed by atoms with van der Waals surface area (Å²) >= 11 is 1.03. The Morgan fingerprint density at radius 3 is 2.68 bits per heavy atom. The smallest absolute Gasteiger partial charge is 0.257 e. The lowest BCUT2D eigenvalue weighted by Crippen LogP contribution is -2.22. The molecule has 0 atom stereocenters. The Kier molecular flexibility index (Phi) is 5.73. The van der Waals surface area contributed by atoms with Gasteiger partial charge in [0.05, 0.1) is 23.3 Å². The minimum atomic E-state index is -3.59. The second kappa shape index (κ2) is 7.90. The third-order valence-electron chi connectivity index (χ3n) is 3.91. The first-order valence-electron chi connectivity index (χ1n) is 8.05. The van der Waals surface area contributed by atoms with E-state index in [4.69, 9.17) is 9.15 Å². The highest BCUT2D eigenvalue weighted by Crippen LogP contribution is 2.28. The molecule has 0 aliphatic rings. The average molecular weight is 424 g/mol. The van der Waals surface area contributed by atoms with Crippen molar-refractivity contribution in [3.05, 3.63) is 47.8 Å². The van der Waals surface area contributed by atoms with Crippen molar-refractivity contribution in [3.63, 3.8) is 0 Å². The molecule has 7 nitrogen and oxygen atoms in total. The quantitative estimate of drug-likeness (QED) is 0.425. The van der Waals surface area contributed by atoms with Gasteiger partial charge in [0.25, 0.3) is 5.22 Å². The normalized spacial score (nSPS) is 11.9. The number of hydrogen-bond donors (Lipinski definition) is 0. The fourth-order valence-corrected chi connectivity index (χ4v) is 4.07. The summed E-state index contributed by atoms with van der Waals surface area (Å²) in [5.41, 5.74) is 0.891. The van der Waals surface area contributed by atoms with Crippen LogP contribution in [0.5, 0.6) is 5.75 Å². The maximum atomic E-state index is 13.4. The van der Waals surface area contributed by atoms with Gasteiger partial charge in [0.15, 0.2) is 11.4 Å². The van der Waals surface area contributed by atoms with Crippen LogP contribution in [-0.4, -0.2) is 50.4 Å². The zero-order valence-corrected chi connectivity index (χ0v) is 16.9. The summed E-state index contributed by atoms with van der Waals surface area (Å²) in [5.74, 6) is -0.650. The van der Waals surface area contributed by atoms with Crippen molar-refractivity contribution in [2.75, 3.05) is 27.0 Å². The van der Waals surface area contributed by atoms with Gasteiger partial charge in [-0.3, -0.25) is 4.79 Å². The molecule has 0 amide bonds. The lowest BCUT2D eigenvalue weighted by molar-refractivity contribution is 0.101. The van der Waals surface area contributed by atoms with Crippen molar-refractivity contribution in [1.82, 2.24) is 9.29 Å². The largest absolute Gasteiger partial charge is 0.496 e. The molecule has 0 aliphatic carbocycles. The van der Waals surface area contributed by atoms with Crippen LogP contribution in [-0.2, 0) is 10.0 Å². The summed E-state index contributed by atoms with van der Waals surface area (Å²) in [5, 5.41) is 0.207. The first-order chi connectivity index (χ1) is 13.2. The molecule has 1 heterocycles. The standard InChI is InChI=1S/C18H17FN2O5S2/c1-21(2)28(23,24)12-5-7-17-14(9-12)20-18(26-17)27-10-15(22)13-8-11(19)4-6-16(13)25-3/h4-9H,10H2,1-3H3. The number of aromatic nitrogens is 1. The summed E-state index contributed by atoms with van der Waals surface area (Å²) in [6.07, 6.45) is 0. The number of Topliss-reactive ketones (excluding diaryl/α,β-unsaturated/α-hetero) is 1. The summed E-state index contributed by atoms with van der Waals surface area (Å²) in [6.45, 7) is 0. The maximum Gasteiger partial charge on any atom is 0.257 e. The van der Waals surface area contributed by atoms with E-state index in [2.05, 4.69) is 4.98 Å². The number of thioether (sulfide) groups is 1. The van der Waals surface area contributed by atoms with Gasteiger partial charge in [-0.25, -0.2) is 22.1 Å². The fraction of sp³-hybridized carbons (Fsp3) is 0.222. The molecule has 0 aliphatic heterocycles. The highest BCUT2D eigenvalue weighted by Gasteiger charge is 2.20. The molecule has 0 saturated carbocycles. The Morgan fingerprint density at radius 2 is 2.00 bits per heavy atom. The van der Waals surface area contributed by atoms with Gasteiger partial charge < -0.3 is 9.15 Å². The maximum absolute atomic E-state index is 13.4. The summed E-state index contributed by atoms with van der Waals surface area (Å²) in [7, 11) is 0.690. The monoisotopic (exact) mass is 424 g/mol. The van der Waals surface area contributed by atoms with E-state index in [1.165, 1.54) is 51.5 Å². The highest BCUT2D eigenvalue weighted by molar-refractivity contribution is 7.99. The van der Waals surface area contributed by atoms with Gasteiger partial charge >= 0.3 is 0 Å². The van der Waals surface area contributed by atoms with Crippen LogP contribution in [0.1, 0.15) is 10.4 Å². The minimum absolute atomic E-state index is 0.0461. The molecule has 0 saturated heterocycles. The third-order valence-corrected chi connectivity index (χ3v) is 6.55. The molecule has 0 N–H and O–H groups in total. The Labute approximate surface area is 165 Å². The number of rotatable bonds is 7. The van der Waals surface area contributed by atoms with Crippen LogP contribution in [0.15, 0.2) is 50.9 Å². The molecule has 0 spiro atoms. The molecule has 10 heteroatoms. The minimum Gasteiger partial charge on any atom is -0.496 e. The number of ether oxygens (including phenoxy) is 1. The third kappa shape index (κ3) is 4.03. The molecular weight excluding hydrogens is 407 g/mol. The van der Waals surface area contributed by atoms with E-state index in [0.717, 1.165) is 22.1 Å². The average Bonchev–Trinajstić information content (AvgIpc) is 3.08. The highest BCUT2D eigenvalue weighted by atomic mass is 32.2. The van der Waals surface area contributed by atoms with Gasteiger partial charge in [0, 0.05) is 14.1 Å². The molecule has 28 heavy (non-hydrogen) atoms. The number of sulfonamides is 1. The first kappa shape index (κ1) is 20.3. The second-order valence-corrected chi connectivity index (χ2v) is 9.03. The van der Waals surface area contributed by atoms with E-state index in [9.17, 15) is 17.6 Å². The molecule has 0 radical (unpaired) electrons. The van der Waals surface area contributed by atoms with Crippen LogP contribution in [0, 0.1) is 5.82 Å². The molecule has 0 bridgehead atoms. The van der Waals surface area contributed by atoms with Gasteiger partial charge in [-0.15, -0.1) is 0 Å². The molecule has 1 aromatic heterocycles. The Hall–Kier alpha value is -2.43. The van der Waals surface area contributed by atoms with Gasteiger partial charge in [-0.2, -0.15) is 0 Å². The number of benzene rings is 2. The number of oxazole rings is 1. The number of hydrogen-bond acceptors (Lipinski definition) is 7. The lowest BCUT2D eigenvalue weighted by Gasteiger charge is -2.10. The summed E-state index contributed by atoms with van der Waals surface area (Å²) < 4.78 is 49.6. The molecule has 3 aromatic rings. The van der Waals surface area contributed by atoms with Crippen LogP contribution in [0.4, 0.5) is 4.39 Å². The van der Waals surface area contributed by atoms with Crippen LogP contribution < -0.4 is 4.74 Å². The van der Waals surface area contributed by atoms with Crippen molar-refractivity contribution in [2.45, 2.75) is 10.1 Å². The van der Waals surface area contributed by atoms with Crippen LogP contribution in [0.2, 0.25) is 0 Å². The van der Waals surface area contributed by atoms with Crippen LogP contribution >= 0.6 is 11.8 Å². The van der Waals surface area contributed by atoms with Crippen molar-refractivity contribution in [1.29, 1.82) is 0 Å². The number of carbonyl (C=O) groups is 1. The Bertz CT molecular complexity index is 1140. The van der Waals surface area contributed by atoms with Crippen LogP contribution in [0.3, 0.4) is 0 Å². The molecule has 2 aromatic carbocycles. The molecule has 0 unspecified atom stereocenters. The van der Waals surface area contributed by atoms with Crippen molar-refractivity contribution in [2.24, 2.45) is 0 Å². The fourth-order valence-electron chi connectivity index (χ4n) is 2.42. The van der Waals surface area contributed by atoms with E-state index in [0.29, 0.717) is 11.1 Å². The van der Waals surface area contributed by atoms with E-state index in [1.807, 2.05) is 0 Å². The SMILES string of the molecule is COc1ccc(F)cc1C(=O)CSc1nc2cc(S(=O)(=O)N(C)C)ccc2o1. The molecule has 0 fully saturated rings. The van der Waals surface area contributed by atoms with E-state index < -0.39 is 15.8 Å². The van der Waals surface area contributed by atoms with Crippen LogP contribution in [0.25, 0.3) is 11.1 Å². The van der Waals surface area contributed by atoms with Crippen molar-refractivity contribution in [3.8, 4) is 5.75 Å². The number of carbonyl (C=O) groups excluding carboxylic acids is 1. The summed E-state index contributed by atoms with van der Waals surface area (Å²) in [6, 6.07) is 8.07. The Morgan fingerprint density at radius 1 is 1.25 bits per heavy atom. The number of ketones is 1. The molecular formula is C18H17FN2O5S2. The Balaban J connectivity index is 1.80. The van der Waals surface area contributed by atoms with Gasteiger partial charge in [-0.05, 0) is 36.4 Å². The zero-order valence-electron chi connectivity index (χ0n) is 15.3. The van der Waals surface area contributed by atoms with E-state index >= 15 is 0 Å². The topological polar surface area (TPSA) is 89.7 Å². The summed E-state index contributed by atoms with van der Waals surface area (Å²) in [4.78, 5) is 16.7. The first-order valence-corrected chi connectivity index (χ1v) is 10.5. The predicted octanol–water partition coefficient (Wildman–Crippen LogP) is 3.20. The van der Waals surface area contributed by atoms with Gasteiger partial charge in [0.1, 0.15) is 17.1 Å². The molecule has 148 valence electrons. The number of fused-ring (bicyclic) bond motifs is 1.